The van der Waals surface area contributed by atoms with Crippen molar-refractivity contribution in [2.45, 2.75) is 0 Å². The Bertz CT molecular complexity index is 1600. The fourth-order valence-corrected chi connectivity index (χ4v) is 4.41. The number of esters is 2. The van der Waals surface area contributed by atoms with Crippen LogP contribution in [0.5, 0.6) is 0 Å². The summed E-state index contributed by atoms with van der Waals surface area (Å²) in [5.41, 5.74) is 3.34. The smallest absolute Gasteiger partial charge is 0.341 e. The number of ketones is 1. The Labute approximate surface area is 201 Å². The van der Waals surface area contributed by atoms with Crippen LogP contribution in [-0.4, -0.2) is 36.3 Å². The van der Waals surface area contributed by atoms with Gasteiger partial charge in [-0.1, -0.05) is 78.9 Å². The maximum atomic E-state index is 13.9. The highest BCUT2D eigenvalue weighted by Gasteiger charge is 2.33. The number of hydrogen-bond donors (Lipinski definition) is 0. The first-order chi connectivity index (χ1) is 17.0. The zero-order valence-corrected chi connectivity index (χ0v) is 19.1. The maximum Gasteiger partial charge on any atom is 0.341 e. The number of pyridine rings is 1. The van der Waals surface area contributed by atoms with E-state index in [1.165, 1.54) is 14.2 Å². The lowest BCUT2D eigenvalue weighted by Gasteiger charge is -2.09. The summed E-state index contributed by atoms with van der Waals surface area (Å²) in [5.74, 6) is -1.93. The van der Waals surface area contributed by atoms with E-state index in [2.05, 4.69) is 0 Å². The fourth-order valence-electron chi connectivity index (χ4n) is 4.41. The van der Waals surface area contributed by atoms with Crippen LogP contribution in [0.25, 0.3) is 27.5 Å². The van der Waals surface area contributed by atoms with Gasteiger partial charge in [-0.2, -0.15) is 0 Å². The number of fused-ring (bicyclic) bond motifs is 3. The van der Waals surface area contributed by atoms with Crippen molar-refractivity contribution in [2.24, 2.45) is 0 Å². The first-order valence-electron chi connectivity index (χ1n) is 11.0. The molecule has 0 saturated carbocycles. The van der Waals surface area contributed by atoms with Gasteiger partial charge >= 0.3 is 11.9 Å². The van der Waals surface area contributed by atoms with Crippen LogP contribution in [0.15, 0.2) is 91.0 Å². The molecule has 5 aromatic rings. The van der Waals surface area contributed by atoms with Gasteiger partial charge in [-0.3, -0.25) is 4.79 Å². The third-order valence-electron chi connectivity index (χ3n) is 6.05. The Balaban J connectivity index is 1.79. The summed E-state index contributed by atoms with van der Waals surface area (Å²) in [6.45, 7) is 0. The van der Waals surface area contributed by atoms with Crippen LogP contribution in [-0.2, 0) is 9.47 Å². The van der Waals surface area contributed by atoms with Gasteiger partial charge in [0.2, 0.25) is 5.78 Å². The van der Waals surface area contributed by atoms with Gasteiger partial charge in [0.05, 0.1) is 25.3 Å². The van der Waals surface area contributed by atoms with E-state index in [9.17, 15) is 14.4 Å². The van der Waals surface area contributed by atoms with Crippen molar-refractivity contribution in [3.05, 3.63) is 113 Å². The Morgan fingerprint density at radius 1 is 0.600 bits per heavy atom. The molecule has 5 rings (SSSR count). The second-order valence-corrected chi connectivity index (χ2v) is 7.97. The Morgan fingerprint density at radius 2 is 1.20 bits per heavy atom. The minimum Gasteiger partial charge on any atom is -0.465 e. The van der Waals surface area contributed by atoms with Gasteiger partial charge in [0, 0.05) is 5.56 Å². The normalized spacial score (nSPS) is 10.9. The van der Waals surface area contributed by atoms with Crippen LogP contribution in [0.2, 0.25) is 0 Å². The van der Waals surface area contributed by atoms with E-state index in [-0.39, 0.29) is 16.8 Å². The first-order valence-corrected chi connectivity index (χ1v) is 11.0. The van der Waals surface area contributed by atoms with E-state index in [4.69, 9.17) is 9.47 Å². The van der Waals surface area contributed by atoms with Gasteiger partial charge in [0.1, 0.15) is 16.8 Å². The third kappa shape index (κ3) is 3.65. The monoisotopic (exact) mass is 463 g/mol. The van der Waals surface area contributed by atoms with Crippen molar-refractivity contribution < 1.29 is 23.9 Å². The van der Waals surface area contributed by atoms with E-state index in [1.54, 1.807) is 22.6 Å². The summed E-state index contributed by atoms with van der Waals surface area (Å²) in [6.07, 6.45) is 0. The molecule has 6 heteroatoms. The van der Waals surface area contributed by atoms with E-state index < -0.39 is 17.7 Å². The molecule has 0 atom stereocenters. The average Bonchev–Trinajstić information content (AvgIpc) is 3.28. The lowest BCUT2D eigenvalue weighted by molar-refractivity contribution is 0.0556. The summed E-state index contributed by atoms with van der Waals surface area (Å²) in [4.78, 5) is 39.7. The van der Waals surface area contributed by atoms with Crippen LogP contribution in [0.1, 0.15) is 36.8 Å². The van der Waals surface area contributed by atoms with Crippen LogP contribution in [0, 0.1) is 0 Å². The minimum absolute atomic E-state index is 0.00522. The largest absolute Gasteiger partial charge is 0.465 e. The predicted molar refractivity (Wildman–Crippen MR) is 133 cm³/mol. The van der Waals surface area contributed by atoms with Crippen LogP contribution in [0.4, 0.5) is 0 Å². The summed E-state index contributed by atoms with van der Waals surface area (Å²) in [5, 5.41) is 0.844. The number of para-hydroxylation sites is 1. The van der Waals surface area contributed by atoms with Crippen molar-refractivity contribution in [2.75, 3.05) is 14.2 Å². The highest BCUT2D eigenvalue weighted by Crippen LogP contribution is 2.32. The number of rotatable bonds is 5. The number of hydrogen-bond acceptors (Lipinski definition) is 5. The fraction of sp³-hybridized carbons (Fsp3) is 0.0690. The van der Waals surface area contributed by atoms with Crippen LogP contribution in [0.3, 0.4) is 0 Å². The number of nitrogens with zero attached hydrogens (tertiary/aromatic N) is 1. The molecule has 0 aliphatic rings. The topological polar surface area (TPSA) is 74.1 Å². The summed E-state index contributed by atoms with van der Waals surface area (Å²) in [6, 6.07) is 27.9. The first kappa shape index (κ1) is 22.1. The van der Waals surface area contributed by atoms with E-state index in [0.29, 0.717) is 16.6 Å². The van der Waals surface area contributed by atoms with Crippen molar-refractivity contribution in [3.8, 4) is 11.1 Å². The van der Waals surface area contributed by atoms with Crippen molar-refractivity contribution in [1.82, 2.24) is 4.40 Å². The molecule has 2 aromatic heterocycles. The third-order valence-corrected chi connectivity index (χ3v) is 6.05. The number of methoxy groups -OCH3 is 2. The number of aromatic nitrogens is 1. The van der Waals surface area contributed by atoms with Gasteiger partial charge in [-0.15, -0.1) is 0 Å². The highest BCUT2D eigenvalue weighted by molar-refractivity contribution is 6.20. The van der Waals surface area contributed by atoms with E-state index in [1.807, 2.05) is 72.8 Å². The van der Waals surface area contributed by atoms with Gasteiger partial charge in [0.15, 0.2) is 0 Å². The quantitative estimate of drug-likeness (QED) is 0.252. The molecule has 6 nitrogen and oxygen atoms in total. The van der Waals surface area contributed by atoms with Gasteiger partial charge in [-0.25, -0.2) is 9.59 Å². The molecule has 0 spiro atoms. The Morgan fingerprint density at radius 3 is 1.89 bits per heavy atom. The number of ether oxygens (including phenoxy) is 2. The Kier molecular flexibility index (Phi) is 5.63. The molecule has 0 fully saturated rings. The standard InChI is InChI=1S/C29H21NO5/c1-34-28(32)24-23-17-16-20-10-6-7-11-22(20)30(23)26(25(24)29(33)35-2)27(31)21-14-12-19(13-15-21)18-8-4-3-5-9-18/h3-17H,1-2H3. The molecule has 0 aliphatic carbocycles. The molecular weight excluding hydrogens is 442 g/mol. The second kappa shape index (κ2) is 8.91. The van der Waals surface area contributed by atoms with Crippen molar-refractivity contribution >= 4 is 34.1 Å². The number of benzene rings is 3. The number of carbonyl (C=O) groups is 3. The molecule has 0 saturated heterocycles. The maximum absolute atomic E-state index is 13.9. The minimum atomic E-state index is -0.789. The summed E-state index contributed by atoms with van der Waals surface area (Å²) < 4.78 is 11.6. The lowest BCUT2D eigenvalue weighted by atomic mass is 9.99. The molecule has 0 unspecified atom stereocenters. The molecule has 0 amide bonds. The highest BCUT2D eigenvalue weighted by atomic mass is 16.5. The van der Waals surface area contributed by atoms with E-state index in [0.717, 1.165) is 16.5 Å². The zero-order chi connectivity index (χ0) is 24.5. The van der Waals surface area contributed by atoms with Gasteiger partial charge in [-0.05, 0) is 28.6 Å². The molecule has 0 N–H and O–H groups in total. The van der Waals surface area contributed by atoms with Crippen LogP contribution < -0.4 is 0 Å². The lowest BCUT2D eigenvalue weighted by Crippen LogP contribution is -2.15. The van der Waals surface area contributed by atoms with Crippen molar-refractivity contribution in [1.29, 1.82) is 0 Å². The molecule has 2 heterocycles. The Hall–Kier alpha value is -4.71. The van der Waals surface area contributed by atoms with Gasteiger partial charge < -0.3 is 13.9 Å². The molecule has 3 aromatic carbocycles. The molecular formula is C29H21NO5. The van der Waals surface area contributed by atoms with Gasteiger partial charge in [0.25, 0.3) is 0 Å². The average molecular weight is 463 g/mol. The molecule has 0 radical (unpaired) electrons. The molecule has 0 aliphatic heterocycles. The number of carbonyl (C=O) groups excluding carboxylic acids is 3. The van der Waals surface area contributed by atoms with E-state index >= 15 is 0 Å². The second-order valence-electron chi connectivity index (χ2n) is 7.97. The predicted octanol–water partition coefficient (Wildman–Crippen LogP) is 5.56. The summed E-state index contributed by atoms with van der Waals surface area (Å²) in [7, 11) is 2.45. The molecule has 172 valence electrons. The molecule has 0 bridgehead atoms. The summed E-state index contributed by atoms with van der Waals surface area (Å²) >= 11 is 0. The zero-order valence-electron chi connectivity index (χ0n) is 19.1. The SMILES string of the molecule is COC(=O)c1c(C(=O)OC)c2ccc3ccccc3n2c1C(=O)c1ccc(-c2ccccc2)cc1. The molecule has 35 heavy (non-hydrogen) atoms. The van der Waals surface area contributed by atoms with Crippen LogP contribution >= 0.6 is 0 Å². The van der Waals surface area contributed by atoms with Crippen molar-refractivity contribution in [3.63, 3.8) is 0 Å².